The number of rotatable bonds is 11. The number of nitrogens with zero attached hydrogens (tertiary/aromatic N) is 2. The Labute approximate surface area is 271 Å². The maximum atomic E-state index is 15.7. The molecule has 1 atom stereocenters. The zero-order chi connectivity index (χ0) is 33.8. The van der Waals surface area contributed by atoms with E-state index in [2.05, 4.69) is 18.7 Å². The van der Waals surface area contributed by atoms with E-state index in [9.17, 15) is 14.3 Å². The van der Waals surface area contributed by atoms with Gasteiger partial charge >= 0.3 is 5.97 Å². The number of anilines is 1. The fraction of sp³-hybridized carbons (Fsp3) is 0.514. The van der Waals surface area contributed by atoms with Gasteiger partial charge in [0.2, 0.25) is 0 Å². The van der Waals surface area contributed by atoms with E-state index in [-0.39, 0.29) is 36.3 Å². The van der Waals surface area contributed by atoms with Crippen molar-refractivity contribution in [1.82, 2.24) is 4.98 Å². The van der Waals surface area contributed by atoms with Gasteiger partial charge in [0.25, 0.3) is 0 Å². The van der Waals surface area contributed by atoms with E-state index in [1.54, 1.807) is 45.0 Å². The molecule has 9 heteroatoms. The van der Waals surface area contributed by atoms with E-state index in [1.165, 1.54) is 18.2 Å². The Morgan fingerprint density at radius 2 is 1.72 bits per heavy atom. The third-order valence-electron chi connectivity index (χ3n) is 8.14. The molecule has 46 heavy (non-hydrogen) atoms. The minimum atomic E-state index is -1.11. The van der Waals surface area contributed by atoms with Gasteiger partial charge in [0.15, 0.2) is 17.7 Å². The number of aromatic nitrogens is 1. The van der Waals surface area contributed by atoms with Gasteiger partial charge in [-0.1, -0.05) is 32.0 Å². The lowest BCUT2D eigenvalue weighted by Crippen LogP contribution is -2.39. The smallest absolute Gasteiger partial charge is 0.340 e. The number of benzene rings is 2. The number of carbonyl (C=O) groups excluding carboxylic acids is 1. The number of pyridine rings is 1. The molecule has 0 radical (unpaired) electrons. The fourth-order valence-electron chi connectivity index (χ4n) is 5.73. The summed E-state index contributed by atoms with van der Waals surface area (Å²) in [5.74, 6) is -1.35. The van der Waals surface area contributed by atoms with E-state index in [0.29, 0.717) is 53.3 Å². The van der Waals surface area contributed by atoms with E-state index >= 15 is 4.39 Å². The van der Waals surface area contributed by atoms with Crippen LogP contribution in [-0.2, 0) is 27.3 Å². The number of carbonyl (C=O) groups is 1. The Bertz CT molecular complexity index is 1510. The van der Waals surface area contributed by atoms with Crippen LogP contribution in [0.25, 0.3) is 11.1 Å². The molecule has 1 N–H and O–H groups in total. The Balaban J connectivity index is 1.83. The lowest BCUT2D eigenvalue weighted by atomic mass is 9.81. The summed E-state index contributed by atoms with van der Waals surface area (Å²) in [5, 5.41) is 10.6. The van der Waals surface area contributed by atoms with Gasteiger partial charge < -0.3 is 24.2 Å². The first kappa shape index (κ1) is 35.3. The monoisotopic (exact) mass is 638 g/mol. The second-order valence-electron chi connectivity index (χ2n) is 14.1. The van der Waals surface area contributed by atoms with Crippen LogP contribution < -0.4 is 9.64 Å². The average molecular weight is 639 g/mol. The molecule has 250 valence electrons. The molecule has 1 aromatic heterocycles. The highest BCUT2D eigenvalue weighted by Crippen LogP contribution is 2.45. The molecule has 2 heterocycles. The van der Waals surface area contributed by atoms with Gasteiger partial charge in [-0.2, -0.15) is 0 Å². The van der Waals surface area contributed by atoms with Crippen LogP contribution in [-0.4, -0.2) is 47.5 Å². The number of halogens is 2. The normalized spacial score (nSPS) is 15.6. The topological polar surface area (TPSA) is 81.1 Å². The fourth-order valence-corrected chi connectivity index (χ4v) is 5.73. The van der Waals surface area contributed by atoms with Gasteiger partial charge in [0.05, 0.1) is 36.3 Å². The average Bonchev–Trinajstić information content (AvgIpc) is 2.96. The highest BCUT2D eigenvalue weighted by molar-refractivity contribution is 5.88. The summed E-state index contributed by atoms with van der Waals surface area (Å²) in [6.45, 7) is 16.7. The maximum Gasteiger partial charge on any atom is 0.340 e. The van der Waals surface area contributed by atoms with Gasteiger partial charge in [-0.05, 0) is 95.2 Å². The molecule has 1 aliphatic rings. The van der Waals surface area contributed by atoms with Crippen molar-refractivity contribution in [1.29, 1.82) is 0 Å². The van der Waals surface area contributed by atoms with Crippen LogP contribution in [0.2, 0.25) is 0 Å². The van der Waals surface area contributed by atoms with Gasteiger partial charge in [0, 0.05) is 36.3 Å². The zero-order valence-electron chi connectivity index (χ0n) is 28.4. The molecule has 3 aromatic rings. The van der Waals surface area contributed by atoms with Crippen LogP contribution in [0.5, 0.6) is 5.75 Å². The number of aliphatic hydroxyl groups excluding tert-OH is 1. The largest absolute Gasteiger partial charge is 0.490 e. The van der Waals surface area contributed by atoms with E-state index in [1.807, 2.05) is 20.8 Å². The predicted octanol–water partition coefficient (Wildman–Crippen LogP) is 7.88. The molecule has 4 rings (SSSR count). The lowest BCUT2D eigenvalue weighted by molar-refractivity contribution is -0.171. The predicted molar refractivity (Wildman–Crippen MR) is 176 cm³/mol. The Morgan fingerprint density at radius 1 is 1.07 bits per heavy atom. The highest BCUT2D eigenvalue weighted by Gasteiger charge is 2.38. The molecule has 1 fully saturated rings. The summed E-state index contributed by atoms with van der Waals surface area (Å²) in [6.07, 6.45) is 0.812. The number of hydrogen-bond acceptors (Lipinski definition) is 7. The maximum absolute atomic E-state index is 15.7. The second kappa shape index (κ2) is 14.5. The van der Waals surface area contributed by atoms with Crippen LogP contribution in [0, 0.1) is 24.0 Å². The van der Waals surface area contributed by atoms with Gasteiger partial charge in [-0.15, -0.1) is 0 Å². The molecule has 0 saturated carbocycles. The van der Waals surface area contributed by atoms with Crippen molar-refractivity contribution >= 4 is 11.7 Å². The van der Waals surface area contributed by atoms with Gasteiger partial charge in [-0.3, -0.25) is 4.98 Å². The SMILES string of the molecule is Cc1nc(CO)c(-c2ccc(OCCc3ccc(F)cc3)c(F)c2)c(N2CCC(C)(C)CC2)c1[C@H](OC(C)(C)C)C(=O)OC(C)C. The number of aryl methyl sites for hydroxylation is 1. The summed E-state index contributed by atoms with van der Waals surface area (Å²) in [6, 6.07) is 10.8. The molecule has 7 nitrogen and oxygen atoms in total. The Morgan fingerprint density at radius 3 is 2.28 bits per heavy atom. The van der Waals surface area contributed by atoms with Crippen LogP contribution in [0.1, 0.15) is 89.9 Å². The standard InChI is InChI=1S/C37H48F2N2O5/c1-23(2)45-35(43)34(46-36(4,5)6)31-24(3)40-29(22-42)32(33(31)41-18-16-37(7,8)17-19-41)26-11-14-30(28(39)21-26)44-20-15-25-9-12-27(38)13-10-25/h9-14,21,23,34,42H,15-20,22H2,1-8H3/t34-/m0/s1. The van der Waals surface area contributed by atoms with Crippen molar-refractivity contribution < 1.29 is 32.9 Å². The number of aliphatic hydroxyl groups is 1. The molecular formula is C37H48F2N2O5. The van der Waals surface area contributed by atoms with Crippen molar-refractivity contribution in [3.05, 3.63) is 76.6 Å². The second-order valence-corrected chi connectivity index (χ2v) is 14.1. The highest BCUT2D eigenvalue weighted by atomic mass is 19.1. The number of esters is 1. The lowest BCUT2D eigenvalue weighted by Gasteiger charge is -2.41. The first-order valence-corrected chi connectivity index (χ1v) is 16.0. The molecular weight excluding hydrogens is 590 g/mol. The van der Waals surface area contributed by atoms with Crippen molar-refractivity contribution in [2.75, 3.05) is 24.6 Å². The minimum absolute atomic E-state index is 0.0763. The third kappa shape index (κ3) is 8.82. The number of hydrogen-bond donors (Lipinski definition) is 1. The number of ether oxygens (including phenoxy) is 3. The molecule has 0 bridgehead atoms. The van der Waals surface area contributed by atoms with Crippen molar-refractivity contribution in [2.24, 2.45) is 5.41 Å². The summed E-state index contributed by atoms with van der Waals surface area (Å²) in [5.41, 5.74) is 3.48. The van der Waals surface area contributed by atoms with E-state index in [4.69, 9.17) is 19.2 Å². The Hall–Kier alpha value is -3.56. The van der Waals surface area contributed by atoms with Gasteiger partial charge in [0.1, 0.15) is 5.82 Å². The third-order valence-corrected chi connectivity index (χ3v) is 8.14. The van der Waals surface area contributed by atoms with Crippen LogP contribution in [0.4, 0.5) is 14.5 Å². The quantitative estimate of drug-likeness (QED) is 0.214. The first-order valence-electron chi connectivity index (χ1n) is 16.0. The van der Waals surface area contributed by atoms with E-state index in [0.717, 1.165) is 18.4 Å². The van der Waals surface area contributed by atoms with Crippen molar-refractivity contribution in [2.45, 2.75) is 99.1 Å². The molecule has 0 spiro atoms. The summed E-state index contributed by atoms with van der Waals surface area (Å²) < 4.78 is 46.8. The molecule has 2 aromatic carbocycles. The summed E-state index contributed by atoms with van der Waals surface area (Å²) in [4.78, 5) is 20.7. The number of piperidine rings is 1. The van der Waals surface area contributed by atoms with Crippen molar-refractivity contribution in [3.8, 4) is 16.9 Å². The summed E-state index contributed by atoms with van der Waals surface area (Å²) >= 11 is 0. The van der Waals surface area contributed by atoms with Crippen LogP contribution in [0.3, 0.4) is 0 Å². The summed E-state index contributed by atoms with van der Waals surface area (Å²) in [7, 11) is 0. The molecule has 0 aliphatic carbocycles. The van der Waals surface area contributed by atoms with E-state index < -0.39 is 23.5 Å². The van der Waals surface area contributed by atoms with Crippen molar-refractivity contribution in [3.63, 3.8) is 0 Å². The van der Waals surface area contributed by atoms with Gasteiger partial charge in [-0.25, -0.2) is 13.6 Å². The van der Waals surface area contributed by atoms with Crippen LogP contribution in [0.15, 0.2) is 42.5 Å². The first-order chi connectivity index (χ1) is 21.6. The van der Waals surface area contributed by atoms with Crippen LogP contribution >= 0.6 is 0 Å². The zero-order valence-corrected chi connectivity index (χ0v) is 28.4. The Kier molecular flexibility index (Phi) is 11.1. The molecule has 1 saturated heterocycles. The molecule has 0 amide bonds. The molecule has 0 unspecified atom stereocenters. The molecule has 1 aliphatic heterocycles. The minimum Gasteiger partial charge on any atom is -0.490 e.